The maximum atomic E-state index is 11.5. The Labute approximate surface area is 107 Å². The van der Waals surface area contributed by atoms with Crippen molar-refractivity contribution in [1.82, 2.24) is 5.32 Å². The van der Waals surface area contributed by atoms with Gasteiger partial charge >= 0.3 is 0 Å². The SMILES string of the molecule is CC(=O)NCC12C[C@@H]3C[C@@H](C1)CC(C(=O)[O-])(C3)C2. The molecule has 0 radical (unpaired) electrons. The monoisotopic (exact) mass is 250 g/mol. The van der Waals surface area contributed by atoms with E-state index in [2.05, 4.69) is 5.32 Å². The Kier molecular flexibility index (Phi) is 2.48. The largest absolute Gasteiger partial charge is 0.550 e. The fourth-order valence-corrected chi connectivity index (χ4v) is 5.21. The van der Waals surface area contributed by atoms with Crippen LogP contribution in [-0.2, 0) is 9.59 Å². The molecule has 4 nitrogen and oxygen atoms in total. The fraction of sp³-hybridized carbons (Fsp3) is 0.857. The standard InChI is InChI=1S/C14H21NO3/c1-9(16)15-8-13-3-10-2-11(4-13)6-14(5-10,7-13)12(17)18/h10-11H,2-8H2,1H3,(H,15,16)(H,17,18)/p-1/t10-,11-,13?,14?/m0/s1. The van der Waals surface area contributed by atoms with Gasteiger partial charge in [0.25, 0.3) is 0 Å². The van der Waals surface area contributed by atoms with Crippen LogP contribution in [0.25, 0.3) is 0 Å². The number of hydrogen-bond acceptors (Lipinski definition) is 3. The van der Waals surface area contributed by atoms with E-state index >= 15 is 0 Å². The van der Waals surface area contributed by atoms with Gasteiger partial charge in [-0.2, -0.15) is 0 Å². The Morgan fingerprint density at radius 2 is 1.83 bits per heavy atom. The van der Waals surface area contributed by atoms with Crippen LogP contribution in [0.15, 0.2) is 0 Å². The molecule has 18 heavy (non-hydrogen) atoms. The Balaban J connectivity index is 1.85. The van der Waals surface area contributed by atoms with Crippen molar-refractivity contribution in [2.75, 3.05) is 6.54 Å². The van der Waals surface area contributed by atoms with Gasteiger partial charge in [0.2, 0.25) is 5.91 Å². The summed E-state index contributed by atoms with van der Waals surface area (Å²) in [5.41, 5.74) is -0.571. The van der Waals surface area contributed by atoms with Gasteiger partial charge in [-0.15, -0.1) is 0 Å². The smallest absolute Gasteiger partial charge is 0.216 e. The molecule has 0 aromatic heterocycles. The van der Waals surface area contributed by atoms with Crippen molar-refractivity contribution in [2.24, 2.45) is 22.7 Å². The summed E-state index contributed by atoms with van der Waals surface area (Å²) in [6.07, 6.45) is 5.64. The highest BCUT2D eigenvalue weighted by molar-refractivity contribution is 5.74. The lowest BCUT2D eigenvalue weighted by atomic mass is 9.44. The lowest BCUT2D eigenvalue weighted by Crippen LogP contribution is -2.60. The summed E-state index contributed by atoms with van der Waals surface area (Å²) in [4.78, 5) is 22.6. The molecule has 0 unspecified atom stereocenters. The molecule has 4 fully saturated rings. The molecule has 4 rings (SSSR count). The number of hydrogen-bond donors (Lipinski definition) is 1. The molecule has 100 valence electrons. The summed E-state index contributed by atoms with van der Waals surface area (Å²) < 4.78 is 0. The number of amides is 1. The molecule has 4 bridgehead atoms. The van der Waals surface area contributed by atoms with Crippen molar-refractivity contribution < 1.29 is 14.7 Å². The van der Waals surface area contributed by atoms with E-state index in [1.54, 1.807) is 0 Å². The minimum Gasteiger partial charge on any atom is -0.550 e. The second kappa shape index (κ2) is 3.72. The third kappa shape index (κ3) is 1.73. The number of carbonyl (C=O) groups is 2. The number of carbonyl (C=O) groups excluding carboxylic acids is 2. The highest BCUT2D eigenvalue weighted by atomic mass is 16.4. The van der Waals surface area contributed by atoms with E-state index in [4.69, 9.17) is 0 Å². The molecule has 0 heterocycles. The summed E-state index contributed by atoms with van der Waals surface area (Å²) >= 11 is 0. The fourth-order valence-electron chi connectivity index (χ4n) is 5.21. The summed E-state index contributed by atoms with van der Waals surface area (Å²) in [5.74, 6) is 0.174. The molecule has 0 saturated heterocycles. The van der Waals surface area contributed by atoms with Crippen molar-refractivity contribution in [3.05, 3.63) is 0 Å². The summed E-state index contributed by atoms with van der Waals surface area (Å²) in [6, 6.07) is 0. The van der Waals surface area contributed by atoms with Gasteiger partial charge in [0.15, 0.2) is 0 Å². The van der Waals surface area contributed by atoms with E-state index in [-0.39, 0.29) is 11.3 Å². The van der Waals surface area contributed by atoms with Crippen LogP contribution >= 0.6 is 0 Å². The van der Waals surface area contributed by atoms with Gasteiger partial charge in [-0.3, -0.25) is 4.79 Å². The molecule has 0 aliphatic heterocycles. The first kappa shape index (κ1) is 12.0. The number of rotatable bonds is 3. The minimum absolute atomic E-state index is 0.0201. The molecule has 0 spiro atoms. The average Bonchev–Trinajstić information content (AvgIpc) is 2.24. The summed E-state index contributed by atoms with van der Waals surface area (Å²) in [5, 5.41) is 14.4. The highest BCUT2D eigenvalue weighted by Crippen LogP contribution is 2.64. The highest BCUT2D eigenvalue weighted by Gasteiger charge is 2.58. The van der Waals surface area contributed by atoms with Crippen molar-refractivity contribution in [3.63, 3.8) is 0 Å². The number of nitrogens with one attached hydrogen (secondary N) is 1. The maximum absolute atomic E-state index is 11.5. The Hall–Kier alpha value is -1.06. The maximum Gasteiger partial charge on any atom is 0.216 e. The Morgan fingerprint density at radius 3 is 2.33 bits per heavy atom. The van der Waals surface area contributed by atoms with E-state index in [1.807, 2.05) is 0 Å². The van der Waals surface area contributed by atoms with Gasteiger partial charge in [-0.25, -0.2) is 0 Å². The van der Waals surface area contributed by atoms with E-state index in [0.29, 0.717) is 24.8 Å². The van der Waals surface area contributed by atoms with Crippen molar-refractivity contribution >= 4 is 11.9 Å². The molecule has 0 aromatic rings. The molecule has 4 aliphatic carbocycles. The first-order chi connectivity index (χ1) is 8.43. The first-order valence-electron chi connectivity index (χ1n) is 6.89. The van der Waals surface area contributed by atoms with Crippen LogP contribution in [0.5, 0.6) is 0 Å². The zero-order valence-corrected chi connectivity index (χ0v) is 10.8. The predicted molar refractivity (Wildman–Crippen MR) is 63.2 cm³/mol. The first-order valence-corrected chi connectivity index (χ1v) is 6.89. The molecular formula is C14H20NO3-. The van der Waals surface area contributed by atoms with Gasteiger partial charge < -0.3 is 15.2 Å². The van der Waals surface area contributed by atoms with Crippen molar-refractivity contribution in [3.8, 4) is 0 Å². The zero-order valence-electron chi connectivity index (χ0n) is 10.8. The van der Waals surface area contributed by atoms with Crippen LogP contribution in [-0.4, -0.2) is 18.4 Å². The molecule has 1 amide bonds. The Bertz CT molecular complexity index is 390. The summed E-state index contributed by atoms with van der Waals surface area (Å²) in [6.45, 7) is 2.17. The van der Waals surface area contributed by atoms with Gasteiger partial charge in [0, 0.05) is 24.9 Å². The second-order valence-corrected chi connectivity index (χ2v) is 6.94. The lowest BCUT2D eigenvalue weighted by molar-refractivity contribution is -0.329. The molecule has 1 N–H and O–H groups in total. The van der Waals surface area contributed by atoms with E-state index in [0.717, 1.165) is 25.7 Å². The van der Waals surface area contributed by atoms with Gasteiger partial charge in [0.1, 0.15) is 0 Å². The molecule has 0 aromatic carbocycles. The quantitative estimate of drug-likeness (QED) is 0.791. The van der Waals surface area contributed by atoms with Crippen LogP contribution in [0, 0.1) is 22.7 Å². The van der Waals surface area contributed by atoms with Crippen LogP contribution in [0.4, 0.5) is 0 Å². The van der Waals surface area contributed by atoms with Crippen LogP contribution in [0.1, 0.15) is 45.4 Å². The van der Waals surface area contributed by atoms with Crippen molar-refractivity contribution in [2.45, 2.75) is 45.4 Å². The van der Waals surface area contributed by atoms with Gasteiger partial charge in [-0.05, 0) is 55.8 Å². The predicted octanol–water partition coefficient (Wildman–Crippen LogP) is 0.459. The summed E-state index contributed by atoms with van der Waals surface area (Å²) in [7, 11) is 0. The van der Waals surface area contributed by atoms with E-state index < -0.39 is 11.4 Å². The molecule has 4 heteroatoms. The molecular weight excluding hydrogens is 230 g/mol. The van der Waals surface area contributed by atoms with E-state index in [9.17, 15) is 14.7 Å². The van der Waals surface area contributed by atoms with Crippen LogP contribution in [0.3, 0.4) is 0 Å². The second-order valence-electron chi connectivity index (χ2n) is 6.94. The molecule has 4 saturated carbocycles. The third-order valence-electron chi connectivity index (χ3n) is 5.33. The van der Waals surface area contributed by atoms with E-state index in [1.165, 1.54) is 13.3 Å². The van der Waals surface area contributed by atoms with Crippen LogP contribution in [0.2, 0.25) is 0 Å². The van der Waals surface area contributed by atoms with Crippen LogP contribution < -0.4 is 10.4 Å². The lowest BCUT2D eigenvalue weighted by Gasteiger charge is -2.62. The topological polar surface area (TPSA) is 69.2 Å². The van der Waals surface area contributed by atoms with Gasteiger partial charge in [0.05, 0.1) is 0 Å². The molecule has 2 atom stereocenters. The zero-order chi connectivity index (χ0) is 13.0. The van der Waals surface area contributed by atoms with Crippen molar-refractivity contribution in [1.29, 1.82) is 0 Å². The normalized spacial score (nSPS) is 44.9. The molecule has 4 aliphatic rings. The number of carboxylic acid groups (broad SMARTS) is 1. The Morgan fingerprint density at radius 1 is 1.22 bits per heavy atom. The average molecular weight is 250 g/mol. The number of carboxylic acids is 1. The number of aliphatic carboxylic acids is 1. The van der Waals surface area contributed by atoms with Gasteiger partial charge in [-0.1, -0.05) is 0 Å². The third-order valence-corrected chi connectivity index (χ3v) is 5.33. The minimum atomic E-state index is -0.858.